The van der Waals surface area contributed by atoms with E-state index in [0.717, 1.165) is 31.6 Å². The van der Waals surface area contributed by atoms with Gasteiger partial charge in [0.2, 0.25) is 0 Å². The van der Waals surface area contributed by atoms with Crippen molar-refractivity contribution in [2.24, 2.45) is 5.16 Å². The van der Waals surface area contributed by atoms with E-state index in [4.69, 9.17) is 5.21 Å². The van der Waals surface area contributed by atoms with Gasteiger partial charge in [-0.1, -0.05) is 5.16 Å². The number of nitrogens with zero attached hydrogens (tertiary/aromatic N) is 2. The summed E-state index contributed by atoms with van der Waals surface area (Å²) < 4.78 is 0. The van der Waals surface area contributed by atoms with E-state index < -0.39 is 0 Å². The summed E-state index contributed by atoms with van der Waals surface area (Å²) >= 11 is 0. The summed E-state index contributed by atoms with van der Waals surface area (Å²) in [6, 6.07) is 0. The molecule has 1 N–H and O–H groups in total. The van der Waals surface area contributed by atoms with Crippen LogP contribution < -0.4 is 0 Å². The molecule has 1 radical (unpaired) electrons. The second-order valence-corrected chi connectivity index (χ2v) is 1.84. The molecule has 0 aliphatic carbocycles. The fourth-order valence-electron chi connectivity index (χ4n) is 0.753. The van der Waals surface area contributed by atoms with Gasteiger partial charge in [0.1, 0.15) is 0 Å². The van der Waals surface area contributed by atoms with Crippen LogP contribution in [0.2, 0.25) is 0 Å². The number of hydrogen-bond donors (Lipinski definition) is 1. The molecule has 1 rings (SSSR count). The summed E-state index contributed by atoms with van der Waals surface area (Å²) in [7, 11) is 0. The third-order valence-electron chi connectivity index (χ3n) is 1.26. The van der Waals surface area contributed by atoms with Gasteiger partial charge in [-0.2, -0.15) is 0 Å². The van der Waals surface area contributed by atoms with Crippen molar-refractivity contribution in [3.05, 3.63) is 20.2 Å². The molecule has 0 amide bonds. The van der Waals surface area contributed by atoms with Gasteiger partial charge in [-0.25, -0.2) is 0 Å². The third kappa shape index (κ3) is 9.31. The SMILES string of the molecule is ON=C1CC[N-]CC1.[CH3-].[CH3-].[W].[Y]. The fourth-order valence-corrected chi connectivity index (χ4v) is 0.753. The first kappa shape index (κ1) is 23.2. The predicted molar refractivity (Wildman–Crippen MR) is 44.4 cm³/mol. The first-order chi connectivity index (χ1) is 3.93. The van der Waals surface area contributed by atoms with E-state index in [2.05, 4.69) is 10.5 Å². The Kier molecular flexibility index (Phi) is 28.5. The van der Waals surface area contributed by atoms with Gasteiger partial charge < -0.3 is 25.4 Å². The molecular weight excluding hydrogens is 401 g/mol. The zero-order chi connectivity index (χ0) is 5.82. The monoisotopic (exact) mass is 416 g/mol. The zero-order valence-corrected chi connectivity index (χ0v) is 13.4. The molecule has 0 atom stereocenters. The topological polar surface area (TPSA) is 46.7 Å². The maximum absolute atomic E-state index is 8.24. The smallest absolute Gasteiger partial charge is 0.0536 e. The second kappa shape index (κ2) is 14.7. The Bertz CT molecular complexity index is 104. The van der Waals surface area contributed by atoms with E-state index in [9.17, 15) is 0 Å². The zero-order valence-electron chi connectivity index (χ0n) is 7.66. The van der Waals surface area contributed by atoms with E-state index in [-0.39, 0.29) is 68.6 Å². The Morgan fingerprint density at radius 2 is 1.58 bits per heavy atom. The molecule has 1 heterocycles. The number of piperidine rings is 1. The Morgan fingerprint density at radius 1 is 1.17 bits per heavy atom. The van der Waals surface area contributed by atoms with E-state index in [0.29, 0.717) is 0 Å². The molecule has 1 aliphatic heterocycles. The van der Waals surface area contributed by atoms with Crippen molar-refractivity contribution < 1.29 is 59.0 Å². The molecule has 0 aromatic carbocycles. The first-order valence-corrected chi connectivity index (χ1v) is 2.76. The van der Waals surface area contributed by atoms with E-state index in [1.165, 1.54) is 0 Å². The van der Waals surface area contributed by atoms with Crippen LogP contribution >= 0.6 is 0 Å². The van der Waals surface area contributed by atoms with Crippen LogP contribution in [-0.4, -0.2) is 24.0 Å². The van der Waals surface area contributed by atoms with Gasteiger partial charge in [0.05, 0.1) is 5.71 Å². The molecule has 0 aromatic heterocycles. The minimum absolute atomic E-state index is 0. The van der Waals surface area contributed by atoms with E-state index in [1.54, 1.807) is 0 Å². The average molecular weight is 416 g/mol. The molecule has 3 nitrogen and oxygen atoms in total. The molecule has 71 valence electrons. The molecule has 0 unspecified atom stereocenters. The first-order valence-electron chi connectivity index (χ1n) is 2.76. The quantitative estimate of drug-likeness (QED) is 0.366. The van der Waals surface area contributed by atoms with Crippen molar-refractivity contribution >= 4 is 5.71 Å². The molecule has 5 heteroatoms. The summed E-state index contributed by atoms with van der Waals surface area (Å²) in [6.07, 6.45) is 1.69. The van der Waals surface area contributed by atoms with Crippen molar-refractivity contribution in [1.29, 1.82) is 0 Å². The third-order valence-corrected chi connectivity index (χ3v) is 1.26. The van der Waals surface area contributed by atoms with Crippen LogP contribution in [0, 0.1) is 14.9 Å². The minimum Gasteiger partial charge on any atom is -0.662 e. The normalized spacial score (nSPS) is 13.8. The number of rotatable bonds is 0. The Morgan fingerprint density at radius 3 is 1.83 bits per heavy atom. The maximum atomic E-state index is 8.24. The molecule has 12 heavy (non-hydrogen) atoms. The molecule has 1 fully saturated rings. The Balaban J connectivity index is -0.0000000800. The molecule has 1 saturated heterocycles. The van der Waals surface area contributed by atoms with Gasteiger partial charge in [0.25, 0.3) is 0 Å². The Labute approximate surface area is 115 Å². The fraction of sp³-hybridized carbons (Fsp3) is 0.571. The Hall–Kier alpha value is 1.22. The summed E-state index contributed by atoms with van der Waals surface area (Å²) in [5.74, 6) is 0. The van der Waals surface area contributed by atoms with Crippen LogP contribution in [0.3, 0.4) is 0 Å². The second-order valence-electron chi connectivity index (χ2n) is 1.84. The summed E-state index contributed by atoms with van der Waals surface area (Å²) in [4.78, 5) is 0. The van der Waals surface area contributed by atoms with Crippen LogP contribution in [-0.2, 0) is 53.8 Å². The molecule has 0 aromatic rings. The van der Waals surface area contributed by atoms with Gasteiger partial charge in [0, 0.05) is 53.8 Å². The molecular formula is C7H15N2OWY-3. The van der Waals surface area contributed by atoms with Gasteiger partial charge in [0.15, 0.2) is 0 Å². The van der Waals surface area contributed by atoms with Crippen LogP contribution in [0.25, 0.3) is 5.32 Å². The number of oxime groups is 1. The van der Waals surface area contributed by atoms with Gasteiger partial charge in [-0.3, -0.25) is 0 Å². The number of hydrogen-bond acceptors (Lipinski definition) is 2. The molecule has 1 aliphatic rings. The minimum atomic E-state index is 0. The van der Waals surface area contributed by atoms with Crippen LogP contribution in [0.1, 0.15) is 12.8 Å². The van der Waals surface area contributed by atoms with Crippen LogP contribution in [0.4, 0.5) is 0 Å². The van der Waals surface area contributed by atoms with Gasteiger partial charge in [-0.05, 0) is 12.8 Å². The summed E-state index contributed by atoms with van der Waals surface area (Å²) in [5, 5.41) is 15.4. The summed E-state index contributed by atoms with van der Waals surface area (Å²) in [6.45, 7) is 1.67. The van der Waals surface area contributed by atoms with Crippen molar-refractivity contribution in [3.8, 4) is 0 Å². The van der Waals surface area contributed by atoms with Crippen molar-refractivity contribution in [3.63, 3.8) is 0 Å². The van der Waals surface area contributed by atoms with Gasteiger partial charge >= 0.3 is 0 Å². The van der Waals surface area contributed by atoms with Crippen molar-refractivity contribution in [1.82, 2.24) is 0 Å². The molecule has 0 bridgehead atoms. The summed E-state index contributed by atoms with van der Waals surface area (Å²) in [5.41, 5.74) is 0.889. The van der Waals surface area contributed by atoms with E-state index >= 15 is 0 Å². The molecule has 0 saturated carbocycles. The van der Waals surface area contributed by atoms with Crippen LogP contribution in [0.15, 0.2) is 5.16 Å². The van der Waals surface area contributed by atoms with Crippen molar-refractivity contribution in [2.75, 3.05) is 13.1 Å². The maximum Gasteiger partial charge on any atom is 0.0536 e. The average Bonchev–Trinajstić information content (AvgIpc) is 1.90. The van der Waals surface area contributed by atoms with Gasteiger partial charge in [-0.15, -0.1) is 13.1 Å². The van der Waals surface area contributed by atoms with E-state index in [1.807, 2.05) is 0 Å². The largest absolute Gasteiger partial charge is 0.662 e. The molecule has 0 spiro atoms. The standard InChI is InChI=1S/C5H9N2O.2CH3.W.Y/c8-7-5-1-3-6-4-2-5;;;;/h8H,1-4H2;2*1H3;;/q3*-1;;. The predicted octanol–water partition coefficient (Wildman–Crippen LogP) is 1.88. The van der Waals surface area contributed by atoms with Crippen molar-refractivity contribution in [2.45, 2.75) is 12.8 Å². The van der Waals surface area contributed by atoms with Crippen LogP contribution in [0.5, 0.6) is 0 Å².